The van der Waals surface area contributed by atoms with Crippen LogP contribution in [0.2, 0.25) is 0 Å². The van der Waals surface area contributed by atoms with Gasteiger partial charge in [-0.05, 0) is 69.6 Å². The zero-order valence-electron chi connectivity index (χ0n) is 23.0. The molecule has 39 heavy (non-hydrogen) atoms. The highest BCUT2D eigenvalue weighted by atomic mass is 32.2. The van der Waals surface area contributed by atoms with Gasteiger partial charge >= 0.3 is 5.97 Å². The van der Waals surface area contributed by atoms with E-state index in [2.05, 4.69) is 4.84 Å². The summed E-state index contributed by atoms with van der Waals surface area (Å²) in [5.41, 5.74) is 1.97. The second-order valence-electron chi connectivity index (χ2n) is 8.10. The van der Waals surface area contributed by atoms with Gasteiger partial charge in [-0.15, -0.1) is 10.1 Å². The number of carbonyl (C=O) groups is 1. The third-order valence-electron chi connectivity index (χ3n) is 5.08. The van der Waals surface area contributed by atoms with E-state index in [1.807, 2.05) is 63.3 Å². The van der Waals surface area contributed by atoms with Gasteiger partial charge in [-0.25, -0.2) is 13.2 Å². The lowest BCUT2D eigenvalue weighted by Crippen LogP contribution is -2.20. The van der Waals surface area contributed by atoms with Crippen molar-refractivity contribution in [3.63, 3.8) is 0 Å². The molecule has 1 aliphatic carbocycles. The Morgan fingerprint density at radius 2 is 1.87 bits per heavy atom. The van der Waals surface area contributed by atoms with Crippen LogP contribution in [0.4, 0.5) is 0 Å². The molecule has 1 aliphatic heterocycles. The van der Waals surface area contributed by atoms with E-state index in [1.54, 1.807) is 43.4 Å². The molecule has 0 saturated carbocycles. The van der Waals surface area contributed by atoms with Crippen LogP contribution in [0.3, 0.4) is 0 Å². The van der Waals surface area contributed by atoms with Gasteiger partial charge in [-0.3, -0.25) is 0 Å². The third-order valence-corrected chi connectivity index (χ3v) is 6.21. The van der Waals surface area contributed by atoms with E-state index in [1.165, 1.54) is 6.26 Å². The highest BCUT2D eigenvalue weighted by Crippen LogP contribution is 2.34. The SMILES string of the molecule is CCO[N+](=O)[O-].C\C=C/C=C\C=C\C1=C(C2=CC=C(S(C)(=O)=O)C=CC2)C(COC(/C=C\C)=C/CC)OC1=O. The van der Waals surface area contributed by atoms with Crippen molar-refractivity contribution in [3.8, 4) is 0 Å². The summed E-state index contributed by atoms with van der Waals surface area (Å²) in [6, 6.07) is 0. The molecule has 212 valence electrons. The van der Waals surface area contributed by atoms with Gasteiger partial charge in [0.2, 0.25) is 0 Å². The minimum atomic E-state index is -3.35. The quantitative estimate of drug-likeness (QED) is 0.0965. The van der Waals surface area contributed by atoms with Gasteiger partial charge in [0.1, 0.15) is 12.4 Å². The number of nitrogens with zero attached hydrogens (tertiary/aromatic N) is 1. The van der Waals surface area contributed by atoms with Crippen LogP contribution in [-0.4, -0.2) is 45.0 Å². The number of sulfone groups is 1. The van der Waals surface area contributed by atoms with Crippen LogP contribution in [0.15, 0.2) is 106 Å². The van der Waals surface area contributed by atoms with E-state index in [9.17, 15) is 23.3 Å². The molecule has 0 aromatic rings. The Balaban J connectivity index is 0.00000113. The molecule has 2 rings (SSSR count). The lowest BCUT2D eigenvalue weighted by atomic mass is 9.94. The summed E-state index contributed by atoms with van der Waals surface area (Å²) in [6.07, 6.45) is 25.3. The van der Waals surface area contributed by atoms with Crippen molar-refractivity contribution in [2.75, 3.05) is 19.5 Å². The predicted molar refractivity (Wildman–Crippen MR) is 153 cm³/mol. The van der Waals surface area contributed by atoms with E-state index in [4.69, 9.17) is 9.47 Å². The zero-order valence-corrected chi connectivity index (χ0v) is 23.8. The molecule has 0 fully saturated rings. The van der Waals surface area contributed by atoms with Crippen LogP contribution in [0.25, 0.3) is 0 Å². The topological polar surface area (TPSA) is 122 Å². The van der Waals surface area contributed by atoms with Gasteiger partial charge in [-0.2, -0.15) is 0 Å². The van der Waals surface area contributed by atoms with Gasteiger partial charge in [-0.1, -0.05) is 55.5 Å². The van der Waals surface area contributed by atoms with E-state index in [-0.39, 0.29) is 18.1 Å². The predicted octanol–water partition coefficient (Wildman–Crippen LogP) is 5.81. The van der Waals surface area contributed by atoms with Crippen molar-refractivity contribution in [1.29, 1.82) is 0 Å². The molecule has 0 radical (unpaired) electrons. The standard InChI is InChI=1S/C27H32O5S.C2H5NO3/c1-5-8-9-10-11-17-24-26(21-15-12-16-23(19-18-21)33(4,29)30)25(32-27(24)28)20-31-22(13-6-2)14-7-3;1-2-6-3(4)5/h5-6,8-14,16-19,25H,7,15,20H2,1-4H3;2H2,1H3/b8-5-,10-9-,13-6-,17-11+,22-14+;. The number of allylic oxidation sites excluding steroid dienone is 12. The van der Waals surface area contributed by atoms with Crippen LogP contribution in [0.1, 0.15) is 40.5 Å². The first-order valence-corrected chi connectivity index (χ1v) is 14.4. The van der Waals surface area contributed by atoms with E-state index < -0.39 is 27.0 Å². The van der Waals surface area contributed by atoms with Gasteiger partial charge in [0.15, 0.2) is 15.9 Å². The van der Waals surface area contributed by atoms with Gasteiger partial charge in [0.05, 0.1) is 17.1 Å². The Labute approximate surface area is 230 Å². The molecule has 0 amide bonds. The number of esters is 1. The summed E-state index contributed by atoms with van der Waals surface area (Å²) in [6.45, 7) is 7.70. The average molecular weight is 560 g/mol. The van der Waals surface area contributed by atoms with Crippen molar-refractivity contribution >= 4 is 15.8 Å². The summed E-state index contributed by atoms with van der Waals surface area (Å²) >= 11 is 0. The third kappa shape index (κ3) is 12.0. The van der Waals surface area contributed by atoms with Crippen LogP contribution >= 0.6 is 0 Å². The Hall–Kier alpha value is -3.92. The average Bonchev–Trinajstić information content (AvgIpc) is 3.01. The summed E-state index contributed by atoms with van der Waals surface area (Å²) in [4.78, 5) is 25.9. The van der Waals surface area contributed by atoms with Crippen molar-refractivity contribution < 1.29 is 32.6 Å². The van der Waals surface area contributed by atoms with Crippen LogP contribution in [0, 0.1) is 10.1 Å². The summed E-state index contributed by atoms with van der Waals surface area (Å²) in [7, 11) is -3.35. The summed E-state index contributed by atoms with van der Waals surface area (Å²) < 4.78 is 35.6. The van der Waals surface area contributed by atoms with E-state index >= 15 is 0 Å². The van der Waals surface area contributed by atoms with Gasteiger partial charge in [0.25, 0.3) is 5.09 Å². The molecule has 1 heterocycles. The lowest BCUT2D eigenvalue weighted by molar-refractivity contribution is -0.756. The van der Waals surface area contributed by atoms with Crippen molar-refractivity contribution in [1.82, 2.24) is 0 Å². The maximum atomic E-state index is 12.8. The maximum Gasteiger partial charge on any atom is 0.339 e. The number of carbonyl (C=O) groups excluding carboxylic acids is 1. The Kier molecular flexibility index (Phi) is 14.9. The highest BCUT2D eigenvalue weighted by Gasteiger charge is 2.35. The fraction of sp³-hybridized carbons (Fsp3) is 0.345. The molecule has 0 saturated heterocycles. The minimum absolute atomic E-state index is 0.132. The summed E-state index contributed by atoms with van der Waals surface area (Å²) in [5, 5.41) is 8.36. The highest BCUT2D eigenvalue weighted by molar-refractivity contribution is 7.94. The fourth-order valence-electron chi connectivity index (χ4n) is 3.45. The molecule has 0 aromatic heterocycles. The number of hydrogen-bond acceptors (Lipinski definition) is 8. The van der Waals surface area contributed by atoms with Crippen LogP contribution < -0.4 is 0 Å². The van der Waals surface area contributed by atoms with Crippen molar-refractivity contribution in [2.24, 2.45) is 0 Å². The van der Waals surface area contributed by atoms with Crippen LogP contribution in [0.5, 0.6) is 0 Å². The van der Waals surface area contributed by atoms with Crippen molar-refractivity contribution in [2.45, 2.75) is 46.6 Å². The second kappa shape index (κ2) is 17.6. The monoisotopic (exact) mass is 559 g/mol. The molecule has 10 heteroatoms. The maximum absolute atomic E-state index is 12.8. The number of rotatable bonds is 12. The molecule has 1 atom stereocenters. The smallest absolute Gasteiger partial charge is 0.339 e. The van der Waals surface area contributed by atoms with Crippen molar-refractivity contribution in [3.05, 3.63) is 116 Å². The minimum Gasteiger partial charge on any atom is -0.490 e. The molecule has 0 aromatic carbocycles. The summed E-state index contributed by atoms with van der Waals surface area (Å²) in [5.74, 6) is 0.283. The van der Waals surface area contributed by atoms with E-state index in [0.29, 0.717) is 23.3 Å². The first kappa shape index (κ1) is 33.1. The number of ether oxygens (including phenoxy) is 2. The Morgan fingerprint density at radius 1 is 1.15 bits per heavy atom. The van der Waals surface area contributed by atoms with Gasteiger partial charge in [0, 0.05) is 11.8 Å². The largest absolute Gasteiger partial charge is 0.490 e. The first-order valence-electron chi connectivity index (χ1n) is 12.5. The molecule has 0 N–H and O–H groups in total. The molecule has 2 aliphatic rings. The van der Waals surface area contributed by atoms with Gasteiger partial charge < -0.3 is 14.3 Å². The zero-order chi connectivity index (χ0) is 29.3. The molecular formula is C29H37NO8S. The first-order chi connectivity index (χ1) is 18.6. The van der Waals surface area contributed by atoms with Crippen LogP contribution in [-0.2, 0) is 28.9 Å². The molecule has 0 bridgehead atoms. The number of hydrogen-bond donors (Lipinski definition) is 0. The normalized spacial score (nSPS) is 18.3. The second-order valence-corrected chi connectivity index (χ2v) is 10.1. The molecule has 9 nitrogen and oxygen atoms in total. The van der Waals surface area contributed by atoms with E-state index in [0.717, 1.165) is 12.0 Å². The number of cyclic esters (lactones) is 1. The Bertz CT molecular complexity index is 1240. The molecule has 1 unspecified atom stereocenters. The Morgan fingerprint density at radius 3 is 2.44 bits per heavy atom. The molecular weight excluding hydrogens is 522 g/mol. The lowest BCUT2D eigenvalue weighted by Gasteiger charge is -2.17. The molecule has 0 spiro atoms. The fourth-order valence-corrected chi connectivity index (χ4v) is 4.11.